The minimum absolute atomic E-state index is 0.353. The molecule has 3 heterocycles. The van der Waals surface area contributed by atoms with Crippen LogP contribution < -0.4 is 0 Å². The van der Waals surface area contributed by atoms with E-state index in [0.717, 1.165) is 0 Å². The maximum absolute atomic E-state index is 10.4. The van der Waals surface area contributed by atoms with Gasteiger partial charge in [-0.05, 0) is 33.6 Å². The van der Waals surface area contributed by atoms with Gasteiger partial charge in [0, 0.05) is 0 Å². The Bertz CT molecular complexity index is 453. The molecule has 0 amide bonds. The summed E-state index contributed by atoms with van der Waals surface area (Å²) in [5.74, 6) is -1.06. The van der Waals surface area contributed by atoms with Crippen LogP contribution >= 0.6 is 0 Å². The molecule has 0 radical (unpaired) electrons. The van der Waals surface area contributed by atoms with Gasteiger partial charge in [-0.1, -0.05) is 0 Å². The maximum Gasteiger partial charge on any atom is 0.261 e. The van der Waals surface area contributed by atoms with E-state index in [-0.39, 0.29) is 6.10 Å². The molecule has 0 aromatic carbocycles. The van der Waals surface area contributed by atoms with Crippen LogP contribution in [0, 0.1) is 12.3 Å². The Kier molecular flexibility index (Phi) is 2.97. The molecule has 0 unspecified atom stereocenters. The Hall–Kier alpha value is -0.680. The van der Waals surface area contributed by atoms with Gasteiger partial charge in [-0.15, -0.1) is 6.42 Å². The number of terminal acetylenes is 1. The monoisotopic (exact) mass is 284 g/mol. The number of hydrogen-bond donors (Lipinski definition) is 1. The summed E-state index contributed by atoms with van der Waals surface area (Å²) in [6.45, 7) is 7.54. The Morgan fingerprint density at radius 3 is 2.25 bits per heavy atom. The summed E-state index contributed by atoms with van der Waals surface area (Å²) in [4.78, 5) is 0. The fraction of sp³-hybridized carbons (Fsp3) is 0.857. The smallest absolute Gasteiger partial charge is 0.261 e. The Balaban J connectivity index is 1.85. The lowest BCUT2D eigenvalue weighted by molar-refractivity contribution is -0.261. The summed E-state index contributed by atoms with van der Waals surface area (Å²) in [6, 6.07) is 0. The first-order chi connectivity index (χ1) is 9.16. The molecule has 3 rings (SSSR count). The largest absolute Gasteiger partial charge is 0.353 e. The van der Waals surface area contributed by atoms with Crippen LogP contribution in [0.3, 0.4) is 0 Å². The zero-order chi connectivity index (χ0) is 14.8. The highest BCUT2D eigenvalue weighted by molar-refractivity contribution is 5.16. The molecule has 1 N–H and O–H groups in total. The van der Waals surface area contributed by atoms with Gasteiger partial charge >= 0.3 is 0 Å². The molecule has 0 saturated carbocycles. The first kappa shape index (κ1) is 14.3. The van der Waals surface area contributed by atoms with E-state index in [1.165, 1.54) is 0 Å². The van der Waals surface area contributed by atoms with Crippen LogP contribution in [0.1, 0.15) is 27.7 Å². The average molecular weight is 284 g/mol. The minimum Gasteiger partial charge on any atom is -0.353 e. The van der Waals surface area contributed by atoms with Crippen molar-refractivity contribution >= 4 is 0 Å². The van der Waals surface area contributed by atoms with Crippen molar-refractivity contribution in [3.63, 3.8) is 0 Å². The summed E-state index contributed by atoms with van der Waals surface area (Å²) in [5.41, 5.74) is 0. The number of ether oxygens (including phenoxy) is 5. The zero-order valence-corrected chi connectivity index (χ0v) is 12.1. The van der Waals surface area contributed by atoms with E-state index in [1.54, 1.807) is 13.8 Å². The predicted octanol–water partition coefficient (Wildman–Crippen LogP) is 0.379. The molecule has 3 saturated heterocycles. The lowest BCUT2D eigenvalue weighted by atomic mass is 10.0. The third kappa shape index (κ3) is 2.15. The first-order valence-electron chi connectivity index (χ1n) is 6.71. The van der Waals surface area contributed by atoms with Crippen LogP contribution in [-0.4, -0.2) is 53.5 Å². The molecule has 0 aliphatic carbocycles. The molecule has 112 valence electrons. The number of rotatable bonds is 1. The molecule has 3 fully saturated rings. The number of fused-ring (bicyclic) bond motifs is 1. The molecule has 3 aliphatic heterocycles. The van der Waals surface area contributed by atoms with E-state index in [0.29, 0.717) is 6.61 Å². The molecule has 6 heteroatoms. The molecular formula is C14H20O6. The van der Waals surface area contributed by atoms with Crippen LogP contribution in [0.15, 0.2) is 0 Å². The Morgan fingerprint density at radius 2 is 1.70 bits per heavy atom. The molecule has 20 heavy (non-hydrogen) atoms. The van der Waals surface area contributed by atoms with Crippen LogP contribution in [-0.2, 0) is 23.7 Å². The fourth-order valence-electron chi connectivity index (χ4n) is 2.95. The third-order valence-corrected chi connectivity index (χ3v) is 3.76. The van der Waals surface area contributed by atoms with E-state index in [9.17, 15) is 5.11 Å². The number of hydrogen-bond acceptors (Lipinski definition) is 6. The van der Waals surface area contributed by atoms with Gasteiger partial charge in [-0.2, -0.15) is 0 Å². The molecule has 0 aromatic heterocycles. The van der Waals surface area contributed by atoms with Crippen molar-refractivity contribution in [2.24, 2.45) is 0 Å². The highest BCUT2D eigenvalue weighted by atomic mass is 16.8. The van der Waals surface area contributed by atoms with Crippen LogP contribution in [0.4, 0.5) is 0 Å². The van der Waals surface area contributed by atoms with Crippen molar-refractivity contribution < 1.29 is 28.8 Å². The lowest BCUT2D eigenvalue weighted by Crippen LogP contribution is -2.42. The standard InChI is InChI=1S/C14H20O6/c1-6-14(15)11-10(18-13(4,5)20-11)9(19-14)8-7-16-12(2,3)17-8/h1,8-11,15H,7H2,2-5H3/t8-,9+,10-,11-,14-/m0/s1. The van der Waals surface area contributed by atoms with Crippen molar-refractivity contribution in [2.75, 3.05) is 6.61 Å². The Morgan fingerprint density at radius 1 is 1.00 bits per heavy atom. The van der Waals surface area contributed by atoms with E-state index in [4.69, 9.17) is 30.1 Å². The predicted molar refractivity (Wildman–Crippen MR) is 67.4 cm³/mol. The van der Waals surface area contributed by atoms with Crippen LogP contribution in [0.25, 0.3) is 0 Å². The van der Waals surface area contributed by atoms with Crippen LogP contribution in [0.5, 0.6) is 0 Å². The van der Waals surface area contributed by atoms with Crippen molar-refractivity contribution in [1.82, 2.24) is 0 Å². The van der Waals surface area contributed by atoms with E-state index in [1.807, 2.05) is 13.8 Å². The lowest BCUT2D eigenvalue weighted by Gasteiger charge is -2.28. The molecule has 3 aliphatic rings. The van der Waals surface area contributed by atoms with Gasteiger partial charge in [0.15, 0.2) is 17.7 Å². The summed E-state index contributed by atoms with van der Waals surface area (Å²) >= 11 is 0. The molecule has 0 spiro atoms. The van der Waals surface area contributed by atoms with Gasteiger partial charge < -0.3 is 28.8 Å². The summed E-state index contributed by atoms with van der Waals surface area (Å²) in [5, 5.41) is 10.4. The second-order valence-electron chi connectivity index (χ2n) is 6.31. The Labute approximate surface area is 118 Å². The number of aliphatic hydroxyl groups is 1. The molecule has 5 atom stereocenters. The normalized spacial score (nSPS) is 49.0. The summed E-state index contributed by atoms with van der Waals surface area (Å²) in [7, 11) is 0. The first-order valence-corrected chi connectivity index (χ1v) is 6.71. The van der Waals surface area contributed by atoms with Gasteiger partial charge in [-0.3, -0.25) is 0 Å². The van der Waals surface area contributed by atoms with Crippen LogP contribution in [0.2, 0.25) is 0 Å². The van der Waals surface area contributed by atoms with Crippen molar-refractivity contribution in [3.8, 4) is 12.3 Å². The SMILES string of the molecule is C#C[C@]1(O)O[C@H]([C@@H]2COC(C)(C)O2)[C@@H]2OC(C)(C)O[C@@H]21. The summed E-state index contributed by atoms with van der Waals surface area (Å²) < 4.78 is 28.4. The molecule has 0 aromatic rings. The van der Waals surface area contributed by atoms with Crippen molar-refractivity contribution in [2.45, 2.75) is 69.5 Å². The van der Waals surface area contributed by atoms with E-state index in [2.05, 4.69) is 5.92 Å². The van der Waals surface area contributed by atoms with E-state index >= 15 is 0 Å². The fourth-order valence-corrected chi connectivity index (χ4v) is 2.95. The summed E-state index contributed by atoms with van der Waals surface area (Å²) in [6.07, 6.45) is 3.26. The van der Waals surface area contributed by atoms with Gasteiger partial charge in [0.05, 0.1) is 6.61 Å². The second kappa shape index (κ2) is 4.17. The molecule has 6 nitrogen and oxygen atoms in total. The maximum atomic E-state index is 10.4. The second-order valence-corrected chi connectivity index (χ2v) is 6.31. The van der Waals surface area contributed by atoms with Gasteiger partial charge in [0.1, 0.15) is 18.3 Å². The molecule has 0 bridgehead atoms. The average Bonchev–Trinajstić information content (AvgIpc) is 2.92. The van der Waals surface area contributed by atoms with Gasteiger partial charge in [0.2, 0.25) is 0 Å². The molecular weight excluding hydrogens is 264 g/mol. The van der Waals surface area contributed by atoms with E-state index < -0.39 is 35.7 Å². The van der Waals surface area contributed by atoms with Crippen molar-refractivity contribution in [1.29, 1.82) is 0 Å². The minimum atomic E-state index is -1.81. The quantitative estimate of drug-likeness (QED) is 0.702. The zero-order valence-electron chi connectivity index (χ0n) is 12.1. The van der Waals surface area contributed by atoms with Gasteiger partial charge in [-0.25, -0.2) is 0 Å². The highest BCUT2D eigenvalue weighted by Gasteiger charge is 2.64. The third-order valence-electron chi connectivity index (χ3n) is 3.76. The highest BCUT2D eigenvalue weighted by Crippen LogP contribution is 2.45. The topological polar surface area (TPSA) is 66.4 Å². The van der Waals surface area contributed by atoms with Gasteiger partial charge in [0.25, 0.3) is 5.79 Å². The van der Waals surface area contributed by atoms with Crippen molar-refractivity contribution in [3.05, 3.63) is 0 Å².